The molecule has 0 saturated carbocycles. The SMILES string of the molecule is CC(=O)Nc1ccccc1CNC(C)C(=O)NC(C)C. The molecule has 20 heavy (non-hydrogen) atoms. The standard InChI is InChI=1S/C15H23N3O2/c1-10(2)17-15(20)11(3)16-9-13-7-5-6-8-14(13)18-12(4)19/h5-8,10-11,16H,9H2,1-4H3,(H,17,20)(H,18,19). The fourth-order valence-electron chi connectivity index (χ4n) is 1.75. The van der Waals surface area contributed by atoms with E-state index in [0.717, 1.165) is 11.3 Å². The second-order valence-corrected chi connectivity index (χ2v) is 5.10. The lowest BCUT2D eigenvalue weighted by molar-refractivity contribution is -0.123. The maximum atomic E-state index is 11.8. The molecular weight excluding hydrogens is 254 g/mol. The van der Waals surface area contributed by atoms with Crippen molar-refractivity contribution in [3.8, 4) is 0 Å². The van der Waals surface area contributed by atoms with Gasteiger partial charge in [0.2, 0.25) is 11.8 Å². The van der Waals surface area contributed by atoms with Gasteiger partial charge < -0.3 is 16.0 Å². The molecule has 1 aromatic carbocycles. The summed E-state index contributed by atoms with van der Waals surface area (Å²) in [6.07, 6.45) is 0. The molecule has 0 heterocycles. The Morgan fingerprint density at radius 3 is 2.40 bits per heavy atom. The summed E-state index contributed by atoms with van der Waals surface area (Å²) < 4.78 is 0. The van der Waals surface area contributed by atoms with Crippen LogP contribution in [0, 0.1) is 0 Å². The highest BCUT2D eigenvalue weighted by Crippen LogP contribution is 2.14. The summed E-state index contributed by atoms with van der Waals surface area (Å²) in [5.74, 6) is -0.139. The minimum Gasteiger partial charge on any atom is -0.353 e. The van der Waals surface area contributed by atoms with Crippen molar-refractivity contribution >= 4 is 17.5 Å². The monoisotopic (exact) mass is 277 g/mol. The quantitative estimate of drug-likeness (QED) is 0.740. The van der Waals surface area contributed by atoms with Crippen LogP contribution in [0.5, 0.6) is 0 Å². The van der Waals surface area contributed by atoms with Gasteiger partial charge in [0.05, 0.1) is 6.04 Å². The van der Waals surface area contributed by atoms with E-state index in [1.807, 2.05) is 45.0 Å². The van der Waals surface area contributed by atoms with Gasteiger partial charge in [-0.25, -0.2) is 0 Å². The largest absolute Gasteiger partial charge is 0.353 e. The van der Waals surface area contributed by atoms with Crippen LogP contribution in [0.15, 0.2) is 24.3 Å². The minimum absolute atomic E-state index is 0.0305. The van der Waals surface area contributed by atoms with E-state index in [0.29, 0.717) is 6.54 Å². The average molecular weight is 277 g/mol. The molecule has 0 aliphatic carbocycles. The van der Waals surface area contributed by atoms with Gasteiger partial charge in [0.25, 0.3) is 0 Å². The first-order valence-electron chi connectivity index (χ1n) is 6.79. The van der Waals surface area contributed by atoms with E-state index in [1.54, 1.807) is 0 Å². The summed E-state index contributed by atoms with van der Waals surface area (Å²) in [5, 5.41) is 8.79. The van der Waals surface area contributed by atoms with Gasteiger partial charge in [0.15, 0.2) is 0 Å². The second-order valence-electron chi connectivity index (χ2n) is 5.10. The van der Waals surface area contributed by atoms with Gasteiger partial charge in [-0.2, -0.15) is 0 Å². The third kappa shape index (κ3) is 5.40. The molecule has 110 valence electrons. The van der Waals surface area contributed by atoms with Crippen molar-refractivity contribution in [2.24, 2.45) is 0 Å². The third-order valence-corrected chi connectivity index (χ3v) is 2.75. The van der Waals surface area contributed by atoms with Gasteiger partial charge >= 0.3 is 0 Å². The molecule has 0 fully saturated rings. The first-order chi connectivity index (χ1) is 9.40. The van der Waals surface area contributed by atoms with E-state index in [-0.39, 0.29) is 23.9 Å². The number of carbonyl (C=O) groups excluding carboxylic acids is 2. The number of hydrogen-bond acceptors (Lipinski definition) is 3. The van der Waals surface area contributed by atoms with Crippen LogP contribution in [0.4, 0.5) is 5.69 Å². The van der Waals surface area contributed by atoms with Crippen molar-refractivity contribution in [3.05, 3.63) is 29.8 Å². The third-order valence-electron chi connectivity index (χ3n) is 2.75. The normalized spacial score (nSPS) is 12.1. The van der Waals surface area contributed by atoms with Gasteiger partial charge in [-0.05, 0) is 32.4 Å². The summed E-state index contributed by atoms with van der Waals surface area (Å²) in [4.78, 5) is 22.9. The van der Waals surface area contributed by atoms with Gasteiger partial charge in [-0.1, -0.05) is 18.2 Å². The van der Waals surface area contributed by atoms with E-state index in [2.05, 4.69) is 16.0 Å². The number of rotatable bonds is 6. The molecule has 2 amide bonds. The lowest BCUT2D eigenvalue weighted by Crippen LogP contribution is -2.44. The van der Waals surface area contributed by atoms with Gasteiger partial charge in [0, 0.05) is 25.2 Å². The van der Waals surface area contributed by atoms with Crippen LogP contribution in [-0.2, 0) is 16.1 Å². The van der Waals surface area contributed by atoms with Crippen LogP contribution >= 0.6 is 0 Å². The zero-order valence-electron chi connectivity index (χ0n) is 12.5. The molecule has 0 spiro atoms. The molecule has 0 aliphatic heterocycles. The molecule has 0 aliphatic rings. The Kier molecular flexibility index (Phi) is 6.18. The highest BCUT2D eigenvalue weighted by Gasteiger charge is 2.13. The van der Waals surface area contributed by atoms with Gasteiger partial charge in [-0.3, -0.25) is 9.59 Å². The zero-order valence-corrected chi connectivity index (χ0v) is 12.5. The van der Waals surface area contributed by atoms with Crippen LogP contribution in [0.25, 0.3) is 0 Å². The van der Waals surface area contributed by atoms with Gasteiger partial charge in [0.1, 0.15) is 0 Å². The number of anilines is 1. The fraction of sp³-hybridized carbons (Fsp3) is 0.467. The molecule has 1 aromatic rings. The lowest BCUT2D eigenvalue weighted by atomic mass is 10.1. The van der Waals surface area contributed by atoms with Crippen molar-refractivity contribution in [3.63, 3.8) is 0 Å². The number of benzene rings is 1. The predicted octanol–water partition coefficient (Wildman–Crippen LogP) is 1.65. The minimum atomic E-state index is -0.289. The lowest BCUT2D eigenvalue weighted by Gasteiger charge is -2.17. The van der Waals surface area contributed by atoms with Crippen LogP contribution in [0.3, 0.4) is 0 Å². The summed E-state index contributed by atoms with van der Waals surface area (Å²) >= 11 is 0. The molecule has 5 heteroatoms. The molecular formula is C15H23N3O2. The van der Waals surface area contributed by atoms with Crippen molar-refractivity contribution in [2.75, 3.05) is 5.32 Å². The summed E-state index contributed by atoms with van der Waals surface area (Å²) in [6, 6.07) is 7.37. The van der Waals surface area contributed by atoms with E-state index in [4.69, 9.17) is 0 Å². The number of hydrogen-bond donors (Lipinski definition) is 3. The number of carbonyl (C=O) groups is 2. The van der Waals surface area contributed by atoms with Crippen LogP contribution < -0.4 is 16.0 Å². The predicted molar refractivity (Wildman–Crippen MR) is 80.3 cm³/mol. The van der Waals surface area contributed by atoms with Crippen LogP contribution in [-0.4, -0.2) is 23.9 Å². The average Bonchev–Trinajstić information content (AvgIpc) is 2.35. The molecule has 0 bridgehead atoms. The highest BCUT2D eigenvalue weighted by molar-refractivity contribution is 5.89. The summed E-state index contributed by atoms with van der Waals surface area (Å²) in [7, 11) is 0. The van der Waals surface area contributed by atoms with Crippen molar-refractivity contribution in [1.29, 1.82) is 0 Å². The van der Waals surface area contributed by atoms with Crippen LogP contribution in [0.1, 0.15) is 33.3 Å². The van der Waals surface area contributed by atoms with Crippen LogP contribution in [0.2, 0.25) is 0 Å². The van der Waals surface area contributed by atoms with E-state index < -0.39 is 0 Å². The first kappa shape index (κ1) is 16.2. The number of nitrogens with one attached hydrogen (secondary N) is 3. The molecule has 5 nitrogen and oxygen atoms in total. The van der Waals surface area contributed by atoms with E-state index >= 15 is 0 Å². The zero-order chi connectivity index (χ0) is 15.1. The maximum absolute atomic E-state index is 11.8. The van der Waals surface area contributed by atoms with E-state index in [9.17, 15) is 9.59 Å². The summed E-state index contributed by atoms with van der Waals surface area (Å²) in [6.45, 7) is 7.66. The number of para-hydroxylation sites is 1. The Morgan fingerprint density at radius 1 is 1.15 bits per heavy atom. The topological polar surface area (TPSA) is 70.2 Å². The maximum Gasteiger partial charge on any atom is 0.237 e. The van der Waals surface area contributed by atoms with Crippen molar-refractivity contribution < 1.29 is 9.59 Å². The Bertz CT molecular complexity index is 472. The van der Waals surface area contributed by atoms with E-state index in [1.165, 1.54) is 6.92 Å². The highest BCUT2D eigenvalue weighted by atomic mass is 16.2. The smallest absolute Gasteiger partial charge is 0.237 e. The molecule has 1 atom stereocenters. The second kappa shape index (κ2) is 7.65. The number of amides is 2. The molecule has 0 saturated heterocycles. The first-order valence-corrected chi connectivity index (χ1v) is 6.79. The molecule has 0 radical (unpaired) electrons. The Labute approximate surface area is 120 Å². The Balaban J connectivity index is 2.61. The molecule has 3 N–H and O–H groups in total. The van der Waals surface area contributed by atoms with Gasteiger partial charge in [-0.15, -0.1) is 0 Å². The molecule has 1 rings (SSSR count). The fourth-order valence-corrected chi connectivity index (χ4v) is 1.75. The van der Waals surface area contributed by atoms with Crippen molar-refractivity contribution in [1.82, 2.24) is 10.6 Å². The molecule has 1 unspecified atom stereocenters. The van der Waals surface area contributed by atoms with Crippen molar-refractivity contribution in [2.45, 2.75) is 46.3 Å². The molecule has 0 aromatic heterocycles. The Morgan fingerprint density at radius 2 is 1.80 bits per heavy atom. The Hall–Kier alpha value is -1.88. The summed E-state index contributed by atoms with van der Waals surface area (Å²) in [5.41, 5.74) is 1.72.